The van der Waals surface area contributed by atoms with Crippen molar-refractivity contribution in [2.24, 2.45) is 21.2 Å². The monoisotopic (exact) mass is 770 g/mol. The Balaban J connectivity index is 1.87. The van der Waals surface area contributed by atoms with E-state index in [9.17, 15) is 27.6 Å². The lowest BCUT2D eigenvalue weighted by atomic mass is 10.0. The van der Waals surface area contributed by atoms with E-state index in [1.807, 2.05) is 0 Å². The molecule has 0 radical (unpaired) electrons. The van der Waals surface area contributed by atoms with Gasteiger partial charge in [0, 0.05) is 39.1 Å². The van der Waals surface area contributed by atoms with E-state index in [2.05, 4.69) is 26.1 Å². The van der Waals surface area contributed by atoms with Gasteiger partial charge in [-0.25, -0.2) is 8.42 Å². The second kappa shape index (κ2) is 32.9. The topological polar surface area (TPSA) is 208 Å². The summed E-state index contributed by atoms with van der Waals surface area (Å²) in [4.78, 5) is 47.8. The van der Waals surface area contributed by atoms with Crippen molar-refractivity contribution < 1.29 is 37.1 Å². The molecule has 53 heavy (non-hydrogen) atoms. The molecule has 0 bridgehead atoms. The first kappa shape index (κ1) is 48.6. The summed E-state index contributed by atoms with van der Waals surface area (Å²) in [6, 6.07) is -0.251. The van der Waals surface area contributed by atoms with Crippen LogP contribution in [0.4, 0.5) is 0 Å². The number of ketones is 3. The number of sulfone groups is 1. The minimum absolute atomic E-state index is 0.0261. The summed E-state index contributed by atoms with van der Waals surface area (Å²) in [5, 5.41) is 17.3. The molecule has 15 heteroatoms. The molecule has 0 saturated carbocycles. The number of hydrogen-bond acceptors (Lipinski definition) is 13. The van der Waals surface area contributed by atoms with Crippen molar-refractivity contribution in [3.05, 3.63) is 0 Å². The summed E-state index contributed by atoms with van der Waals surface area (Å²) < 4.78 is 35.5. The Labute approximate surface area is 318 Å². The number of ether oxygens (including phenoxy) is 2. The molecule has 1 amide bonds. The Morgan fingerprint density at radius 3 is 1.96 bits per heavy atom. The number of rotatable bonds is 39. The van der Waals surface area contributed by atoms with Gasteiger partial charge in [0.05, 0.1) is 30.7 Å². The Hall–Kier alpha value is -2.46. The van der Waals surface area contributed by atoms with Crippen LogP contribution in [-0.4, -0.2) is 101 Å². The summed E-state index contributed by atoms with van der Waals surface area (Å²) in [6.07, 6.45) is 20.0. The van der Waals surface area contributed by atoms with Crippen LogP contribution in [0.1, 0.15) is 148 Å². The highest BCUT2D eigenvalue weighted by molar-refractivity contribution is 7.92. The Morgan fingerprint density at radius 2 is 1.34 bits per heavy atom. The molecule has 1 aliphatic rings. The first-order valence-corrected chi connectivity index (χ1v) is 22.0. The van der Waals surface area contributed by atoms with Crippen LogP contribution < -0.4 is 16.4 Å². The van der Waals surface area contributed by atoms with Crippen LogP contribution in [0.15, 0.2) is 15.4 Å². The fourth-order valence-electron chi connectivity index (χ4n) is 6.07. The van der Waals surface area contributed by atoms with E-state index < -0.39 is 15.6 Å². The van der Waals surface area contributed by atoms with Crippen molar-refractivity contribution in [2.45, 2.75) is 154 Å². The number of amides is 1. The highest BCUT2D eigenvalue weighted by Gasteiger charge is 2.17. The molecule has 1 rings (SSSR count). The highest BCUT2D eigenvalue weighted by atomic mass is 32.2. The van der Waals surface area contributed by atoms with E-state index in [4.69, 9.17) is 15.2 Å². The molecule has 0 aromatic heterocycles. The van der Waals surface area contributed by atoms with Crippen LogP contribution >= 0.6 is 0 Å². The van der Waals surface area contributed by atoms with Gasteiger partial charge in [-0.05, 0) is 63.5 Å². The predicted octanol–water partition coefficient (Wildman–Crippen LogP) is 5.56. The molecular formula is C38H70N6O8S. The van der Waals surface area contributed by atoms with Gasteiger partial charge in [-0.2, -0.15) is 5.11 Å². The number of unbranched alkanes of at least 4 members (excludes halogenated alkanes) is 13. The fraction of sp³-hybridized carbons (Fsp3) is 0.868. The van der Waals surface area contributed by atoms with E-state index in [-0.39, 0.29) is 67.8 Å². The van der Waals surface area contributed by atoms with E-state index in [1.165, 1.54) is 64.7 Å². The SMILES string of the molecule is CC(=O)[C@H](CCCCNC(=O)COCCOCCCC(=O)CCCS(=O)(=O)CC(=O)CCCCCCCCCCCCCCCC1=NN=NC1)NCN. The van der Waals surface area contributed by atoms with Crippen molar-refractivity contribution in [1.82, 2.24) is 10.6 Å². The van der Waals surface area contributed by atoms with Gasteiger partial charge in [0.25, 0.3) is 0 Å². The molecule has 0 saturated heterocycles. The van der Waals surface area contributed by atoms with Gasteiger partial charge in [-0.3, -0.25) is 24.5 Å². The molecule has 1 heterocycles. The van der Waals surface area contributed by atoms with Crippen LogP contribution in [0.25, 0.3) is 0 Å². The van der Waals surface area contributed by atoms with E-state index >= 15 is 0 Å². The molecule has 0 unspecified atom stereocenters. The zero-order valence-electron chi connectivity index (χ0n) is 32.6. The molecule has 1 aliphatic heterocycles. The molecule has 0 aliphatic carbocycles. The maximum absolute atomic E-state index is 12.4. The molecule has 0 fully saturated rings. The molecule has 0 spiro atoms. The number of nitrogens with two attached hydrogens (primary N) is 1. The smallest absolute Gasteiger partial charge is 0.245 e. The number of nitrogens with one attached hydrogen (secondary N) is 2. The minimum Gasteiger partial charge on any atom is -0.379 e. The number of nitrogens with zero attached hydrogens (tertiary/aromatic N) is 3. The lowest BCUT2D eigenvalue weighted by molar-refractivity contribution is -0.126. The van der Waals surface area contributed by atoms with E-state index in [1.54, 1.807) is 0 Å². The zero-order valence-corrected chi connectivity index (χ0v) is 33.4. The second-order valence-corrected chi connectivity index (χ2v) is 16.3. The largest absolute Gasteiger partial charge is 0.379 e. The van der Waals surface area contributed by atoms with Crippen LogP contribution in [-0.2, 0) is 38.5 Å². The standard InChI is InChI=1S/C38H70N6O8S/c1-33(45)37(41-32-39)23-15-16-24-40-38(48)30-52-27-26-51-25-17-21-35(46)22-18-28-53(49,50)31-36(47)20-14-12-10-8-6-4-2-3-5-7-9-11-13-19-34-29-42-44-43-34/h37,41H,2-32,39H2,1H3,(H,40,48)/t37-/m0/s1. The molecule has 1 atom stereocenters. The molecule has 306 valence electrons. The van der Waals surface area contributed by atoms with Gasteiger partial charge < -0.3 is 20.5 Å². The van der Waals surface area contributed by atoms with Crippen molar-refractivity contribution in [3.8, 4) is 0 Å². The average Bonchev–Trinajstić information content (AvgIpc) is 3.63. The Kier molecular flexibility index (Phi) is 30.2. The number of Topliss-reactive ketones (excluding diaryl/α,β-unsaturated/α-hetero) is 3. The van der Waals surface area contributed by atoms with Gasteiger partial charge in [0.2, 0.25) is 5.91 Å². The molecule has 0 aromatic carbocycles. The van der Waals surface area contributed by atoms with E-state index in [0.29, 0.717) is 52.0 Å². The number of hydrogen-bond donors (Lipinski definition) is 3. The Morgan fingerprint density at radius 1 is 0.736 bits per heavy atom. The third-order valence-electron chi connectivity index (χ3n) is 9.16. The number of carbonyl (C=O) groups excluding carboxylic acids is 4. The lowest BCUT2D eigenvalue weighted by Crippen LogP contribution is -2.39. The lowest BCUT2D eigenvalue weighted by Gasteiger charge is -2.14. The predicted molar refractivity (Wildman–Crippen MR) is 209 cm³/mol. The maximum atomic E-state index is 12.4. The van der Waals surface area contributed by atoms with Crippen LogP contribution in [0.5, 0.6) is 0 Å². The van der Waals surface area contributed by atoms with Gasteiger partial charge in [0.1, 0.15) is 36.3 Å². The third kappa shape index (κ3) is 30.5. The van der Waals surface area contributed by atoms with Gasteiger partial charge in [-0.15, -0.1) is 5.10 Å². The van der Waals surface area contributed by atoms with Gasteiger partial charge in [0.15, 0.2) is 9.84 Å². The van der Waals surface area contributed by atoms with Gasteiger partial charge >= 0.3 is 0 Å². The molecule has 4 N–H and O–H groups in total. The molecular weight excluding hydrogens is 701 g/mol. The first-order chi connectivity index (χ1) is 25.6. The highest BCUT2D eigenvalue weighted by Crippen LogP contribution is 2.14. The molecule has 14 nitrogen and oxygen atoms in total. The van der Waals surface area contributed by atoms with Crippen molar-refractivity contribution in [2.75, 3.05) is 57.7 Å². The minimum atomic E-state index is -3.51. The second-order valence-electron chi connectivity index (χ2n) is 14.1. The van der Waals surface area contributed by atoms with Gasteiger partial charge in [-0.1, -0.05) is 70.6 Å². The van der Waals surface area contributed by atoms with Crippen molar-refractivity contribution in [3.63, 3.8) is 0 Å². The number of carbonyl (C=O) groups is 4. The van der Waals surface area contributed by atoms with Crippen LogP contribution in [0.3, 0.4) is 0 Å². The van der Waals surface area contributed by atoms with Crippen molar-refractivity contribution in [1.29, 1.82) is 0 Å². The summed E-state index contributed by atoms with van der Waals surface area (Å²) in [5.41, 5.74) is 6.55. The average molecular weight is 771 g/mol. The van der Waals surface area contributed by atoms with Crippen LogP contribution in [0, 0.1) is 0 Å². The Bertz CT molecular complexity index is 1180. The fourth-order valence-corrected chi connectivity index (χ4v) is 7.43. The molecule has 0 aromatic rings. The summed E-state index contributed by atoms with van der Waals surface area (Å²) >= 11 is 0. The summed E-state index contributed by atoms with van der Waals surface area (Å²) in [5.74, 6) is -1.01. The summed E-state index contributed by atoms with van der Waals surface area (Å²) in [7, 11) is -3.51. The third-order valence-corrected chi connectivity index (χ3v) is 10.8. The maximum Gasteiger partial charge on any atom is 0.245 e. The zero-order chi connectivity index (χ0) is 38.8. The van der Waals surface area contributed by atoms with Crippen LogP contribution in [0.2, 0.25) is 0 Å². The van der Waals surface area contributed by atoms with E-state index in [0.717, 1.165) is 50.7 Å². The van der Waals surface area contributed by atoms with Crippen molar-refractivity contribution >= 4 is 38.8 Å². The quantitative estimate of drug-likeness (QED) is 0.0524. The normalized spacial score (nSPS) is 13.3. The summed E-state index contributed by atoms with van der Waals surface area (Å²) in [6.45, 7) is 3.79. The first-order valence-electron chi connectivity index (χ1n) is 20.1.